The largest absolute Gasteiger partial charge is 0.326 e. The van der Waals surface area contributed by atoms with Gasteiger partial charge in [-0.25, -0.2) is 4.98 Å². The van der Waals surface area contributed by atoms with E-state index < -0.39 is 0 Å². The van der Waals surface area contributed by atoms with E-state index in [0.29, 0.717) is 5.69 Å². The van der Waals surface area contributed by atoms with Crippen molar-refractivity contribution >= 4 is 0 Å². The molecule has 0 aromatic carbocycles. The lowest BCUT2D eigenvalue weighted by molar-refractivity contribution is 0.532. The first-order chi connectivity index (χ1) is 7.18. The van der Waals surface area contributed by atoms with E-state index in [1.807, 2.05) is 20.0 Å². The van der Waals surface area contributed by atoms with Crippen molar-refractivity contribution in [2.75, 3.05) is 0 Å². The second-order valence-corrected chi connectivity index (χ2v) is 3.57. The molecule has 5 nitrogen and oxygen atoms in total. The number of nitrogens with one attached hydrogen (secondary N) is 1. The molecule has 0 saturated carbocycles. The highest BCUT2D eigenvalue weighted by molar-refractivity contribution is 5.55. The second kappa shape index (κ2) is 3.68. The molecule has 2 aromatic heterocycles. The summed E-state index contributed by atoms with van der Waals surface area (Å²) < 4.78 is 1.80. The number of hydrogen-bond donors (Lipinski definition) is 1. The van der Waals surface area contributed by atoms with Crippen LogP contribution in [0, 0.1) is 0 Å². The van der Waals surface area contributed by atoms with Crippen LogP contribution in [0.25, 0.3) is 11.3 Å². The fourth-order valence-electron chi connectivity index (χ4n) is 1.30. The highest BCUT2D eigenvalue weighted by Crippen LogP contribution is 2.13. The van der Waals surface area contributed by atoms with Crippen LogP contribution in [0.15, 0.2) is 29.6 Å². The Morgan fingerprint density at radius 2 is 2.27 bits per heavy atom. The summed E-state index contributed by atoms with van der Waals surface area (Å²) in [4.78, 5) is 18.0. The van der Waals surface area contributed by atoms with Crippen molar-refractivity contribution in [3.63, 3.8) is 0 Å². The smallest absolute Gasteiger partial charge is 0.274 e. The fraction of sp³-hybridized carbons (Fsp3) is 0.300. The normalized spacial score (nSPS) is 10.9. The molecule has 0 aliphatic rings. The van der Waals surface area contributed by atoms with Gasteiger partial charge in [-0.15, -0.1) is 0 Å². The third kappa shape index (κ3) is 1.81. The van der Waals surface area contributed by atoms with Crippen LogP contribution in [-0.2, 0) is 0 Å². The van der Waals surface area contributed by atoms with Crippen LogP contribution in [0.1, 0.15) is 19.9 Å². The lowest BCUT2D eigenvalue weighted by Crippen LogP contribution is -2.09. The highest BCUT2D eigenvalue weighted by atomic mass is 16.1. The summed E-state index contributed by atoms with van der Waals surface area (Å²) in [6.07, 6.45) is 6.54. The van der Waals surface area contributed by atoms with Gasteiger partial charge in [-0.3, -0.25) is 9.48 Å². The molecule has 5 heteroatoms. The van der Waals surface area contributed by atoms with Crippen molar-refractivity contribution in [2.45, 2.75) is 19.9 Å². The van der Waals surface area contributed by atoms with E-state index in [-0.39, 0.29) is 11.6 Å². The van der Waals surface area contributed by atoms with Gasteiger partial charge in [0.25, 0.3) is 5.56 Å². The van der Waals surface area contributed by atoms with Crippen LogP contribution >= 0.6 is 0 Å². The first kappa shape index (κ1) is 9.64. The monoisotopic (exact) mass is 204 g/mol. The Hall–Kier alpha value is -1.91. The fourth-order valence-corrected chi connectivity index (χ4v) is 1.30. The molecular formula is C10H12N4O. The first-order valence-corrected chi connectivity index (χ1v) is 4.76. The molecule has 0 radical (unpaired) electrons. The zero-order valence-electron chi connectivity index (χ0n) is 8.64. The Morgan fingerprint density at radius 3 is 2.87 bits per heavy atom. The van der Waals surface area contributed by atoms with E-state index in [0.717, 1.165) is 5.56 Å². The van der Waals surface area contributed by atoms with Gasteiger partial charge in [0, 0.05) is 30.2 Å². The van der Waals surface area contributed by atoms with Gasteiger partial charge in [-0.2, -0.15) is 5.10 Å². The maximum absolute atomic E-state index is 11.4. The van der Waals surface area contributed by atoms with Crippen LogP contribution in [0.3, 0.4) is 0 Å². The summed E-state index contributed by atoms with van der Waals surface area (Å²) in [6.45, 7) is 4.05. The van der Waals surface area contributed by atoms with Crippen molar-refractivity contribution in [1.29, 1.82) is 0 Å². The first-order valence-electron chi connectivity index (χ1n) is 4.76. The number of rotatable bonds is 2. The molecule has 15 heavy (non-hydrogen) atoms. The van der Waals surface area contributed by atoms with Gasteiger partial charge in [0.05, 0.1) is 6.20 Å². The lowest BCUT2D eigenvalue weighted by Gasteiger charge is -2.02. The van der Waals surface area contributed by atoms with Gasteiger partial charge in [0.1, 0.15) is 5.69 Å². The van der Waals surface area contributed by atoms with Crippen LogP contribution < -0.4 is 5.56 Å². The van der Waals surface area contributed by atoms with E-state index in [1.165, 1.54) is 6.20 Å². The molecule has 2 aromatic rings. The van der Waals surface area contributed by atoms with E-state index in [9.17, 15) is 4.79 Å². The molecule has 0 saturated heterocycles. The zero-order valence-corrected chi connectivity index (χ0v) is 8.64. The average molecular weight is 204 g/mol. The van der Waals surface area contributed by atoms with Gasteiger partial charge >= 0.3 is 0 Å². The number of H-pyrrole nitrogens is 1. The van der Waals surface area contributed by atoms with Crippen LogP contribution in [0.2, 0.25) is 0 Å². The Labute approximate surface area is 86.8 Å². The number of aromatic amines is 1. The highest BCUT2D eigenvalue weighted by Gasteiger charge is 2.07. The summed E-state index contributed by atoms with van der Waals surface area (Å²) in [7, 11) is 0. The third-order valence-corrected chi connectivity index (χ3v) is 2.11. The lowest BCUT2D eigenvalue weighted by atomic mass is 10.2. The standard InChI is InChI=1S/C10H12N4O/c1-7(2)14-6-8(5-13-14)9-10(15)12-4-3-11-9/h3-7H,1-2H3,(H,12,15). The summed E-state index contributed by atoms with van der Waals surface area (Å²) >= 11 is 0. The Kier molecular flexibility index (Phi) is 2.37. The number of nitrogens with zero attached hydrogens (tertiary/aromatic N) is 3. The number of aromatic nitrogens is 4. The summed E-state index contributed by atoms with van der Waals surface area (Å²) in [5.74, 6) is 0. The van der Waals surface area contributed by atoms with Crippen LogP contribution in [-0.4, -0.2) is 19.7 Å². The topological polar surface area (TPSA) is 63.6 Å². The molecule has 2 rings (SSSR count). The third-order valence-electron chi connectivity index (χ3n) is 2.11. The molecular weight excluding hydrogens is 192 g/mol. The molecule has 0 fully saturated rings. The molecule has 2 heterocycles. The predicted molar refractivity (Wildman–Crippen MR) is 56.5 cm³/mol. The minimum absolute atomic E-state index is 0.194. The molecule has 0 aliphatic heterocycles. The van der Waals surface area contributed by atoms with E-state index >= 15 is 0 Å². The molecule has 0 bridgehead atoms. The molecule has 1 N–H and O–H groups in total. The zero-order chi connectivity index (χ0) is 10.8. The van der Waals surface area contributed by atoms with Gasteiger partial charge in [0.2, 0.25) is 0 Å². The molecule has 0 aliphatic carbocycles. The van der Waals surface area contributed by atoms with Gasteiger partial charge in [0.15, 0.2) is 0 Å². The molecule has 0 amide bonds. The van der Waals surface area contributed by atoms with Crippen molar-refractivity contribution in [2.24, 2.45) is 0 Å². The Morgan fingerprint density at radius 1 is 1.47 bits per heavy atom. The maximum Gasteiger partial charge on any atom is 0.274 e. The van der Waals surface area contributed by atoms with E-state index in [1.54, 1.807) is 17.1 Å². The minimum atomic E-state index is -0.194. The van der Waals surface area contributed by atoms with Crippen LogP contribution in [0.5, 0.6) is 0 Å². The predicted octanol–water partition coefficient (Wildman–Crippen LogP) is 1.21. The van der Waals surface area contributed by atoms with Crippen molar-refractivity contribution in [3.8, 4) is 11.3 Å². The SMILES string of the molecule is CC(C)n1cc(-c2ncc[nH]c2=O)cn1. The Bertz CT molecular complexity index is 512. The summed E-state index contributed by atoms with van der Waals surface area (Å²) in [5, 5.41) is 4.16. The van der Waals surface area contributed by atoms with E-state index in [4.69, 9.17) is 0 Å². The minimum Gasteiger partial charge on any atom is -0.326 e. The summed E-state index contributed by atoms with van der Waals surface area (Å²) in [5.41, 5.74) is 0.954. The number of hydrogen-bond acceptors (Lipinski definition) is 3. The van der Waals surface area contributed by atoms with Crippen molar-refractivity contribution in [3.05, 3.63) is 35.1 Å². The van der Waals surface area contributed by atoms with Gasteiger partial charge in [-0.1, -0.05) is 0 Å². The average Bonchev–Trinajstić information content (AvgIpc) is 2.67. The quantitative estimate of drug-likeness (QED) is 0.799. The van der Waals surface area contributed by atoms with E-state index in [2.05, 4.69) is 15.1 Å². The maximum atomic E-state index is 11.4. The summed E-state index contributed by atoms with van der Waals surface area (Å²) in [6, 6.07) is 0.279. The van der Waals surface area contributed by atoms with Crippen LogP contribution in [0.4, 0.5) is 0 Å². The van der Waals surface area contributed by atoms with Crippen molar-refractivity contribution in [1.82, 2.24) is 19.7 Å². The van der Waals surface area contributed by atoms with Gasteiger partial charge in [-0.05, 0) is 13.8 Å². The van der Waals surface area contributed by atoms with Crippen molar-refractivity contribution < 1.29 is 0 Å². The second-order valence-electron chi connectivity index (χ2n) is 3.57. The molecule has 0 unspecified atom stereocenters. The molecule has 0 atom stereocenters. The molecule has 78 valence electrons. The Balaban J connectivity index is 2.47. The molecule has 0 spiro atoms. The van der Waals surface area contributed by atoms with Gasteiger partial charge < -0.3 is 4.98 Å².